The Bertz CT molecular complexity index is 302. The van der Waals surface area contributed by atoms with Gasteiger partial charge < -0.3 is 15.2 Å². The van der Waals surface area contributed by atoms with Crippen LogP contribution in [0.25, 0.3) is 0 Å². The summed E-state index contributed by atoms with van der Waals surface area (Å²) in [7, 11) is 1.58. The van der Waals surface area contributed by atoms with Gasteiger partial charge in [0.1, 0.15) is 12.4 Å². The molecule has 14 heavy (non-hydrogen) atoms. The van der Waals surface area contributed by atoms with Gasteiger partial charge in [-0.2, -0.15) is 4.98 Å². The molecule has 0 atom stereocenters. The fourth-order valence-electron chi connectivity index (χ4n) is 0.988. The number of nitrogen functional groups attached to an aromatic ring is 1. The van der Waals surface area contributed by atoms with Crippen molar-refractivity contribution in [2.75, 3.05) is 12.8 Å². The third-order valence-corrected chi connectivity index (χ3v) is 1.40. The van der Waals surface area contributed by atoms with E-state index in [-0.39, 0.29) is 6.10 Å². The summed E-state index contributed by atoms with van der Waals surface area (Å²) in [6.45, 7) is 4.18. The number of hydrogen-bond donors (Lipinski definition) is 1. The Labute approximate surface area is 83.3 Å². The van der Waals surface area contributed by atoms with Gasteiger partial charge in [-0.05, 0) is 13.8 Å². The highest BCUT2D eigenvalue weighted by Gasteiger charge is 2.04. The van der Waals surface area contributed by atoms with Gasteiger partial charge in [0.05, 0.1) is 6.10 Å². The molecule has 0 aliphatic heterocycles. The first kappa shape index (κ1) is 10.7. The van der Waals surface area contributed by atoms with Crippen LogP contribution in [0.5, 0.6) is 5.88 Å². The van der Waals surface area contributed by atoms with Crippen molar-refractivity contribution >= 4 is 5.82 Å². The Morgan fingerprint density at radius 3 is 2.71 bits per heavy atom. The Balaban J connectivity index is 2.83. The Hall–Kier alpha value is -1.36. The summed E-state index contributed by atoms with van der Waals surface area (Å²) in [6, 6.07) is 1.60. The van der Waals surface area contributed by atoms with Crippen LogP contribution in [0.15, 0.2) is 6.07 Å². The van der Waals surface area contributed by atoms with Gasteiger partial charge in [0.2, 0.25) is 5.88 Å². The molecule has 78 valence electrons. The van der Waals surface area contributed by atoms with Crippen LogP contribution in [0.1, 0.15) is 19.7 Å². The minimum Gasteiger partial charge on any atom is -0.475 e. The molecule has 0 unspecified atom stereocenters. The fraction of sp³-hybridized carbons (Fsp3) is 0.556. The highest BCUT2D eigenvalue weighted by Crippen LogP contribution is 2.12. The maximum absolute atomic E-state index is 5.58. The second-order valence-electron chi connectivity index (χ2n) is 3.15. The van der Waals surface area contributed by atoms with Gasteiger partial charge in [-0.25, -0.2) is 4.98 Å². The predicted molar refractivity (Wildman–Crippen MR) is 52.9 cm³/mol. The van der Waals surface area contributed by atoms with Crippen molar-refractivity contribution in [2.24, 2.45) is 0 Å². The van der Waals surface area contributed by atoms with Crippen LogP contribution in [-0.4, -0.2) is 23.2 Å². The van der Waals surface area contributed by atoms with E-state index in [0.717, 1.165) is 0 Å². The minimum atomic E-state index is 0.0692. The second-order valence-corrected chi connectivity index (χ2v) is 3.15. The van der Waals surface area contributed by atoms with E-state index in [2.05, 4.69) is 9.97 Å². The largest absolute Gasteiger partial charge is 0.475 e. The number of methoxy groups -OCH3 is 1. The van der Waals surface area contributed by atoms with Crippen LogP contribution in [0.4, 0.5) is 5.82 Å². The van der Waals surface area contributed by atoms with E-state index in [9.17, 15) is 0 Å². The molecule has 0 radical (unpaired) electrons. The van der Waals surface area contributed by atoms with Crippen LogP contribution < -0.4 is 10.5 Å². The first-order valence-electron chi connectivity index (χ1n) is 4.41. The maximum atomic E-state index is 5.58. The van der Waals surface area contributed by atoms with Gasteiger partial charge >= 0.3 is 0 Å². The van der Waals surface area contributed by atoms with Gasteiger partial charge in [0.15, 0.2) is 5.82 Å². The van der Waals surface area contributed by atoms with Crippen LogP contribution in [0.2, 0.25) is 0 Å². The molecule has 5 nitrogen and oxygen atoms in total. The van der Waals surface area contributed by atoms with Crippen molar-refractivity contribution < 1.29 is 9.47 Å². The van der Waals surface area contributed by atoms with E-state index in [0.29, 0.717) is 24.1 Å². The van der Waals surface area contributed by atoms with Crippen LogP contribution in [0, 0.1) is 0 Å². The summed E-state index contributed by atoms with van der Waals surface area (Å²) >= 11 is 0. The molecule has 0 fully saturated rings. The number of aromatic nitrogens is 2. The average molecular weight is 197 g/mol. The molecule has 5 heteroatoms. The maximum Gasteiger partial charge on any atom is 0.219 e. The van der Waals surface area contributed by atoms with Crippen molar-refractivity contribution in [3.8, 4) is 5.88 Å². The zero-order valence-corrected chi connectivity index (χ0v) is 8.65. The second kappa shape index (κ2) is 4.76. The van der Waals surface area contributed by atoms with E-state index >= 15 is 0 Å². The molecule has 0 saturated carbocycles. The van der Waals surface area contributed by atoms with Crippen molar-refractivity contribution in [3.05, 3.63) is 11.9 Å². The quantitative estimate of drug-likeness (QED) is 0.779. The van der Waals surface area contributed by atoms with Gasteiger partial charge in [-0.15, -0.1) is 0 Å². The molecule has 0 bridgehead atoms. The molecule has 0 spiro atoms. The fourth-order valence-corrected chi connectivity index (χ4v) is 0.988. The lowest BCUT2D eigenvalue weighted by Crippen LogP contribution is -2.10. The normalized spacial score (nSPS) is 10.6. The van der Waals surface area contributed by atoms with Gasteiger partial charge in [0.25, 0.3) is 0 Å². The lowest BCUT2D eigenvalue weighted by Gasteiger charge is -2.09. The summed E-state index contributed by atoms with van der Waals surface area (Å²) in [6.07, 6.45) is 0.0692. The van der Waals surface area contributed by atoms with E-state index in [1.54, 1.807) is 13.2 Å². The molecular formula is C9H15N3O2. The molecule has 0 aliphatic rings. The van der Waals surface area contributed by atoms with Crippen LogP contribution in [0.3, 0.4) is 0 Å². The summed E-state index contributed by atoms with van der Waals surface area (Å²) in [4.78, 5) is 8.12. The van der Waals surface area contributed by atoms with Gasteiger partial charge in [-0.1, -0.05) is 0 Å². The monoisotopic (exact) mass is 197 g/mol. The molecule has 0 aliphatic carbocycles. The topological polar surface area (TPSA) is 70.3 Å². The van der Waals surface area contributed by atoms with Crippen molar-refractivity contribution in [2.45, 2.75) is 26.6 Å². The number of nitrogens with two attached hydrogens (primary N) is 1. The zero-order valence-electron chi connectivity index (χ0n) is 8.65. The Morgan fingerprint density at radius 2 is 2.14 bits per heavy atom. The summed E-state index contributed by atoms with van der Waals surface area (Å²) in [5.74, 6) is 1.41. The lowest BCUT2D eigenvalue weighted by molar-refractivity contribution is 0.174. The van der Waals surface area contributed by atoms with Crippen LogP contribution >= 0.6 is 0 Å². The summed E-state index contributed by atoms with van der Waals surface area (Å²) < 4.78 is 10.3. The average Bonchev–Trinajstić information content (AvgIpc) is 2.01. The predicted octanol–water partition coefficient (Wildman–Crippen LogP) is 0.992. The van der Waals surface area contributed by atoms with E-state index < -0.39 is 0 Å². The van der Waals surface area contributed by atoms with E-state index in [1.165, 1.54) is 0 Å². The summed E-state index contributed by atoms with van der Waals surface area (Å²) in [5, 5.41) is 0. The number of rotatable bonds is 4. The molecule has 1 rings (SSSR count). The molecule has 2 N–H and O–H groups in total. The number of anilines is 1. The van der Waals surface area contributed by atoms with E-state index in [1.807, 2.05) is 13.8 Å². The van der Waals surface area contributed by atoms with Gasteiger partial charge in [-0.3, -0.25) is 0 Å². The highest BCUT2D eigenvalue weighted by atomic mass is 16.5. The Kier molecular flexibility index (Phi) is 3.64. The number of nitrogens with zero attached hydrogens (tertiary/aromatic N) is 2. The van der Waals surface area contributed by atoms with E-state index in [4.69, 9.17) is 15.2 Å². The number of ether oxygens (including phenoxy) is 2. The molecule has 1 aromatic heterocycles. The Morgan fingerprint density at radius 1 is 1.43 bits per heavy atom. The molecule has 1 aromatic rings. The third kappa shape index (κ3) is 3.18. The summed E-state index contributed by atoms with van der Waals surface area (Å²) in [5.41, 5.74) is 5.58. The standard InChI is InChI=1S/C9H15N3O2/c1-6(2)14-9-4-7(10)11-8(12-9)5-13-3/h4,6H,5H2,1-3H3,(H2,10,11,12). The SMILES string of the molecule is COCc1nc(N)cc(OC(C)C)n1. The first-order valence-corrected chi connectivity index (χ1v) is 4.41. The molecular weight excluding hydrogens is 182 g/mol. The first-order chi connectivity index (χ1) is 6.61. The van der Waals surface area contributed by atoms with Crippen molar-refractivity contribution in [1.82, 2.24) is 9.97 Å². The molecule has 1 heterocycles. The number of hydrogen-bond acceptors (Lipinski definition) is 5. The van der Waals surface area contributed by atoms with Gasteiger partial charge in [0, 0.05) is 13.2 Å². The van der Waals surface area contributed by atoms with Crippen LogP contribution in [-0.2, 0) is 11.3 Å². The molecule has 0 aromatic carbocycles. The minimum absolute atomic E-state index is 0.0692. The van der Waals surface area contributed by atoms with Crippen molar-refractivity contribution in [1.29, 1.82) is 0 Å². The lowest BCUT2D eigenvalue weighted by atomic mass is 10.4. The van der Waals surface area contributed by atoms with Crippen molar-refractivity contribution in [3.63, 3.8) is 0 Å². The molecule has 0 saturated heterocycles. The third-order valence-electron chi connectivity index (χ3n) is 1.40. The zero-order chi connectivity index (χ0) is 10.6. The smallest absolute Gasteiger partial charge is 0.219 e. The highest BCUT2D eigenvalue weighted by molar-refractivity contribution is 5.32. The molecule has 0 amide bonds.